The van der Waals surface area contributed by atoms with Gasteiger partial charge in [0.1, 0.15) is 11.2 Å². The van der Waals surface area contributed by atoms with E-state index < -0.39 is 28.9 Å². The smallest absolute Gasteiger partial charge is 0.389 e. The highest BCUT2D eigenvalue weighted by Gasteiger charge is 2.66. The van der Waals surface area contributed by atoms with E-state index in [0.717, 1.165) is 6.07 Å². The molecule has 10 nitrogen and oxygen atoms in total. The highest BCUT2D eigenvalue weighted by atomic mass is 19.4. The predicted octanol–water partition coefficient (Wildman–Crippen LogP) is 4.76. The second-order valence-electron chi connectivity index (χ2n) is 10.3. The van der Waals surface area contributed by atoms with Crippen LogP contribution in [0.2, 0.25) is 0 Å². The molecule has 3 aromatic heterocycles. The normalized spacial score (nSPS) is 14.7. The molecule has 40 heavy (non-hydrogen) atoms. The number of nitrogens with one attached hydrogen (secondary N) is 2. The van der Waals surface area contributed by atoms with Crippen molar-refractivity contribution in [2.24, 2.45) is 0 Å². The van der Waals surface area contributed by atoms with Gasteiger partial charge in [-0.2, -0.15) is 18.3 Å². The van der Waals surface area contributed by atoms with Crippen LogP contribution in [0.4, 0.5) is 35.0 Å². The molecule has 3 heterocycles. The van der Waals surface area contributed by atoms with Gasteiger partial charge in [0.25, 0.3) is 0 Å². The van der Waals surface area contributed by atoms with Crippen molar-refractivity contribution in [3.05, 3.63) is 66.2 Å². The highest BCUT2D eigenvalue weighted by Crippen LogP contribution is 2.59. The first-order valence-corrected chi connectivity index (χ1v) is 12.3. The van der Waals surface area contributed by atoms with Crippen molar-refractivity contribution >= 4 is 23.4 Å². The number of hydrogen-bond acceptors (Lipinski definition) is 8. The Morgan fingerprint density at radius 1 is 1.12 bits per heavy atom. The molecule has 0 unspecified atom stereocenters. The summed E-state index contributed by atoms with van der Waals surface area (Å²) in [4.78, 5) is 20.9. The molecule has 0 atom stereocenters. The fourth-order valence-electron chi connectivity index (χ4n) is 4.17. The monoisotopic (exact) mass is 559 g/mol. The van der Waals surface area contributed by atoms with Crippen LogP contribution in [0.1, 0.15) is 38.0 Å². The average molecular weight is 560 g/mol. The first-order valence-electron chi connectivity index (χ1n) is 12.3. The third kappa shape index (κ3) is 5.96. The first-order chi connectivity index (χ1) is 18.8. The minimum atomic E-state index is -4.47. The molecule has 1 aliphatic rings. The second-order valence-corrected chi connectivity index (χ2v) is 10.3. The third-order valence-electron chi connectivity index (χ3n) is 6.37. The summed E-state index contributed by atoms with van der Waals surface area (Å²) >= 11 is 0. The van der Waals surface area contributed by atoms with Gasteiger partial charge in [0.15, 0.2) is 11.6 Å². The van der Waals surface area contributed by atoms with Crippen molar-refractivity contribution in [2.45, 2.75) is 56.8 Å². The lowest BCUT2D eigenvalue weighted by Gasteiger charge is -2.16. The Kier molecular flexibility index (Phi) is 6.82. The number of alkyl halides is 3. The Morgan fingerprint density at radius 2 is 1.85 bits per heavy atom. The third-order valence-corrected chi connectivity index (χ3v) is 6.37. The Balaban J connectivity index is 1.19. The molecule has 1 aliphatic carbocycles. The van der Waals surface area contributed by atoms with E-state index in [1.54, 1.807) is 37.0 Å². The summed E-state index contributed by atoms with van der Waals surface area (Å²) in [6, 6.07) is 5.33. The zero-order valence-electron chi connectivity index (χ0n) is 21.5. The summed E-state index contributed by atoms with van der Waals surface area (Å²) in [7, 11) is 0. The van der Waals surface area contributed by atoms with Crippen molar-refractivity contribution in [3.8, 4) is 11.1 Å². The number of anilines is 3. The molecule has 210 valence electrons. The Bertz CT molecular complexity index is 1520. The number of aliphatic hydroxyl groups is 1. The van der Waals surface area contributed by atoms with Gasteiger partial charge in [-0.3, -0.25) is 9.48 Å². The average Bonchev–Trinajstić information content (AvgIpc) is 3.39. The minimum Gasteiger partial charge on any atom is -0.389 e. The minimum absolute atomic E-state index is 0.0844. The summed E-state index contributed by atoms with van der Waals surface area (Å²) in [5, 5.41) is 22.9. The van der Waals surface area contributed by atoms with E-state index in [-0.39, 0.29) is 36.4 Å². The lowest BCUT2D eigenvalue weighted by molar-refractivity contribution is -0.165. The van der Waals surface area contributed by atoms with Gasteiger partial charge in [0.05, 0.1) is 30.5 Å². The zero-order valence-corrected chi connectivity index (χ0v) is 21.5. The number of benzene rings is 1. The summed E-state index contributed by atoms with van der Waals surface area (Å²) in [5.41, 5.74) is -1.25. The summed E-state index contributed by atoms with van der Waals surface area (Å²) in [5.74, 6) is -1.53. The van der Waals surface area contributed by atoms with Crippen molar-refractivity contribution in [1.82, 2.24) is 24.9 Å². The predicted molar refractivity (Wildman–Crippen MR) is 135 cm³/mol. The topological polar surface area (TPSA) is 131 Å². The fraction of sp³-hybridized carbons (Fsp3) is 0.346. The van der Waals surface area contributed by atoms with E-state index in [1.807, 2.05) is 0 Å². The van der Waals surface area contributed by atoms with E-state index in [4.69, 9.17) is 4.52 Å². The standard InChI is InChI=1S/C26H25F4N7O3/c1-24(2,39)14-37-13-18(12-33-37)34-23-31-10-17(11-32-23)15-3-4-16(19(27)7-15)8-22(38)35-21-9-20(40-36-21)25(5-6-25)26(28,29)30/h3-4,7,9-13,39H,5-6,8,14H2,1-2H3,(H,31,32,34)(H,35,36,38). The molecule has 4 aromatic rings. The quantitative estimate of drug-likeness (QED) is 0.250. The second kappa shape index (κ2) is 10.0. The number of nitrogens with zero attached hydrogens (tertiary/aromatic N) is 5. The van der Waals surface area contributed by atoms with Crippen LogP contribution in [0.3, 0.4) is 0 Å². The fourth-order valence-corrected chi connectivity index (χ4v) is 4.17. The Hall–Kier alpha value is -4.33. The lowest BCUT2D eigenvalue weighted by atomic mass is 10.0. The number of carbonyl (C=O) groups is 1. The molecule has 1 saturated carbocycles. The van der Waals surface area contributed by atoms with Crippen LogP contribution >= 0.6 is 0 Å². The number of hydrogen-bond donors (Lipinski definition) is 3. The number of rotatable bonds is 9. The number of amides is 1. The molecule has 1 aromatic carbocycles. The summed E-state index contributed by atoms with van der Waals surface area (Å²) < 4.78 is 61.0. The molecular weight excluding hydrogens is 534 g/mol. The number of aromatic nitrogens is 5. The number of carbonyl (C=O) groups excluding carboxylic acids is 1. The lowest BCUT2D eigenvalue weighted by Crippen LogP contribution is -2.28. The molecule has 14 heteroatoms. The van der Waals surface area contributed by atoms with Gasteiger partial charge < -0.3 is 20.3 Å². The molecule has 1 fully saturated rings. The van der Waals surface area contributed by atoms with E-state index in [9.17, 15) is 27.5 Å². The molecular formula is C26H25F4N7O3. The van der Waals surface area contributed by atoms with Crippen LogP contribution in [0, 0.1) is 5.82 Å². The van der Waals surface area contributed by atoms with Crippen LogP contribution in [-0.2, 0) is 23.2 Å². The van der Waals surface area contributed by atoms with Crippen molar-refractivity contribution in [3.63, 3.8) is 0 Å². The van der Waals surface area contributed by atoms with Gasteiger partial charge >= 0.3 is 6.18 Å². The highest BCUT2D eigenvalue weighted by molar-refractivity contribution is 5.91. The maximum absolute atomic E-state index is 14.8. The summed E-state index contributed by atoms with van der Waals surface area (Å²) in [6.45, 7) is 3.66. The van der Waals surface area contributed by atoms with Crippen molar-refractivity contribution in [1.29, 1.82) is 0 Å². The van der Waals surface area contributed by atoms with Gasteiger partial charge in [0.2, 0.25) is 11.9 Å². The van der Waals surface area contributed by atoms with Crippen molar-refractivity contribution in [2.75, 3.05) is 10.6 Å². The van der Waals surface area contributed by atoms with E-state index in [2.05, 4.69) is 30.9 Å². The van der Waals surface area contributed by atoms with E-state index in [0.29, 0.717) is 29.3 Å². The molecule has 0 bridgehead atoms. The van der Waals surface area contributed by atoms with Crippen LogP contribution in [0.25, 0.3) is 11.1 Å². The van der Waals surface area contributed by atoms with Gasteiger partial charge in [-0.05, 0) is 43.9 Å². The van der Waals surface area contributed by atoms with Crippen molar-refractivity contribution < 1.29 is 32.0 Å². The maximum Gasteiger partial charge on any atom is 0.401 e. The van der Waals surface area contributed by atoms with Crippen LogP contribution in [0.15, 0.2) is 53.6 Å². The maximum atomic E-state index is 14.8. The van der Waals surface area contributed by atoms with Gasteiger partial charge in [-0.25, -0.2) is 14.4 Å². The molecule has 0 spiro atoms. The molecule has 0 radical (unpaired) electrons. The molecule has 1 amide bonds. The Morgan fingerprint density at radius 3 is 2.48 bits per heavy atom. The largest absolute Gasteiger partial charge is 0.401 e. The molecule has 3 N–H and O–H groups in total. The first kappa shape index (κ1) is 27.2. The molecule has 5 rings (SSSR count). The van der Waals surface area contributed by atoms with Gasteiger partial charge in [0, 0.05) is 30.2 Å². The van der Waals surface area contributed by atoms with E-state index in [1.165, 1.54) is 24.5 Å². The van der Waals surface area contributed by atoms with Crippen LogP contribution < -0.4 is 10.6 Å². The molecule has 0 aliphatic heterocycles. The molecule has 0 saturated heterocycles. The zero-order chi connectivity index (χ0) is 28.7. The van der Waals surface area contributed by atoms with E-state index >= 15 is 0 Å². The Labute approximate surface area is 225 Å². The SMILES string of the molecule is CC(C)(O)Cn1cc(Nc2ncc(-c3ccc(CC(=O)Nc4cc(C5(C(F)(F)F)CC5)on4)c(F)c3)cn2)cn1. The van der Waals surface area contributed by atoms with Gasteiger partial charge in [-0.15, -0.1) is 0 Å². The van der Waals surface area contributed by atoms with Crippen LogP contribution in [-0.4, -0.2) is 47.7 Å². The van der Waals surface area contributed by atoms with Gasteiger partial charge in [-0.1, -0.05) is 17.3 Å². The summed E-state index contributed by atoms with van der Waals surface area (Å²) in [6.07, 6.45) is 1.25. The van der Waals surface area contributed by atoms with Crippen LogP contribution in [0.5, 0.6) is 0 Å². The number of halogens is 4.